The highest BCUT2D eigenvalue weighted by Gasteiger charge is 2.24. The standard InChI is InChI=1S/C23H44/c1-7-20-16-19-23(5,6)18-13-15-21(20)14-11-9-10-12-17-22(3,4)8-2/h14,20H,7-13,15-19H2,1-6H3. The molecule has 0 N–H and O–H groups in total. The van der Waals surface area contributed by atoms with E-state index in [0.29, 0.717) is 10.8 Å². The number of rotatable bonds is 8. The first-order chi connectivity index (χ1) is 10.8. The number of unbranched alkanes of at least 4 members (excludes halogenated alkanes) is 3. The van der Waals surface area contributed by atoms with Crippen LogP contribution in [-0.4, -0.2) is 0 Å². The van der Waals surface area contributed by atoms with Crippen LogP contribution in [0.2, 0.25) is 0 Å². The zero-order chi connectivity index (χ0) is 17.3. The summed E-state index contributed by atoms with van der Waals surface area (Å²) in [5, 5.41) is 0. The zero-order valence-electron chi connectivity index (χ0n) is 17.1. The first-order valence-corrected chi connectivity index (χ1v) is 10.5. The van der Waals surface area contributed by atoms with E-state index in [0.717, 1.165) is 5.92 Å². The van der Waals surface area contributed by atoms with Crippen molar-refractivity contribution in [2.45, 2.75) is 119 Å². The van der Waals surface area contributed by atoms with E-state index in [1.54, 1.807) is 5.57 Å². The lowest BCUT2D eigenvalue weighted by molar-refractivity contribution is 0.255. The van der Waals surface area contributed by atoms with Gasteiger partial charge in [-0.05, 0) is 74.5 Å². The van der Waals surface area contributed by atoms with Gasteiger partial charge in [-0.15, -0.1) is 0 Å². The second-order valence-electron chi connectivity index (χ2n) is 9.56. The van der Waals surface area contributed by atoms with E-state index in [1.807, 2.05) is 0 Å². The Labute approximate surface area is 147 Å². The van der Waals surface area contributed by atoms with E-state index in [1.165, 1.54) is 77.0 Å². The average Bonchev–Trinajstić information content (AvgIpc) is 2.48. The van der Waals surface area contributed by atoms with Gasteiger partial charge in [0.2, 0.25) is 0 Å². The van der Waals surface area contributed by atoms with Crippen molar-refractivity contribution in [3.05, 3.63) is 11.6 Å². The molecular formula is C23H44. The van der Waals surface area contributed by atoms with Gasteiger partial charge in [0.05, 0.1) is 0 Å². The van der Waals surface area contributed by atoms with Gasteiger partial charge in [-0.1, -0.05) is 72.5 Å². The number of hydrogen-bond donors (Lipinski definition) is 0. The van der Waals surface area contributed by atoms with Gasteiger partial charge in [-0.2, -0.15) is 0 Å². The van der Waals surface area contributed by atoms with Crippen molar-refractivity contribution < 1.29 is 0 Å². The van der Waals surface area contributed by atoms with Gasteiger partial charge in [0.1, 0.15) is 0 Å². The fraction of sp³-hybridized carbons (Fsp3) is 0.913. The summed E-state index contributed by atoms with van der Waals surface area (Å²) in [7, 11) is 0. The molecular weight excluding hydrogens is 276 g/mol. The van der Waals surface area contributed by atoms with Gasteiger partial charge in [-0.3, -0.25) is 0 Å². The Hall–Kier alpha value is -0.260. The summed E-state index contributed by atoms with van der Waals surface area (Å²) < 4.78 is 0. The molecule has 1 saturated carbocycles. The van der Waals surface area contributed by atoms with Crippen LogP contribution < -0.4 is 0 Å². The predicted molar refractivity (Wildman–Crippen MR) is 106 cm³/mol. The highest BCUT2D eigenvalue weighted by atomic mass is 14.3. The molecule has 1 aliphatic carbocycles. The average molecular weight is 321 g/mol. The SMILES string of the molecule is CCC1CCC(C)(C)CCCC1=CCCCCCC(C)(C)CC. The van der Waals surface area contributed by atoms with Crippen molar-refractivity contribution in [1.82, 2.24) is 0 Å². The normalized spacial score (nSPS) is 24.4. The fourth-order valence-corrected chi connectivity index (χ4v) is 3.97. The van der Waals surface area contributed by atoms with Gasteiger partial charge in [0.25, 0.3) is 0 Å². The maximum absolute atomic E-state index is 2.64. The molecule has 1 atom stereocenters. The minimum atomic E-state index is 0.554. The van der Waals surface area contributed by atoms with Crippen LogP contribution >= 0.6 is 0 Å². The Morgan fingerprint density at radius 2 is 1.83 bits per heavy atom. The van der Waals surface area contributed by atoms with Crippen LogP contribution in [-0.2, 0) is 0 Å². The van der Waals surface area contributed by atoms with Crippen molar-refractivity contribution in [3.63, 3.8) is 0 Å². The molecule has 23 heavy (non-hydrogen) atoms. The van der Waals surface area contributed by atoms with Gasteiger partial charge < -0.3 is 0 Å². The third-order valence-corrected chi connectivity index (χ3v) is 6.43. The van der Waals surface area contributed by atoms with Crippen LogP contribution in [0.5, 0.6) is 0 Å². The first-order valence-electron chi connectivity index (χ1n) is 10.5. The van der Waals surface area contributed by atoms with Gasteiger partial charge >= 0.3 is 0 Å². The van der Waals surface area contributed by atoms with Crippen molar-refractivity contribution in [1.29, 1.82) is 0 Å². The minimum absolute atomic E-state index is 0.554. The van der Waals surface area contributed by atoms with Crippen molar-refractivity contribution >= 4 is 0 Å². The van der Waals surface area contributed by atoms with Crippen LogP contribution in [0.1, 0.15) is 119 Å². The van der Waals surface area contributed by atoms with E-state index < -0.39 is 0 Å². The largest absolute Gasteiger partial charge is 0.0851 e. The van der Waals surface area contributed by atoms with Crippen LogP contribution in [0.15, 0.2) is 11.6 Å². The second kappa shape index (κ2) is 9.90. The van der Waals surface area contributed by atoms with Gasteiger partial charge in [0, 0.05) is 0 Å². The van der Waals surface area contributed by atoms with Crippen LogP contribution in [0, 0.1) is 16.7 Å². The summed E-state index contributed by atoms with van der Waals surface area (Å²) >= 11 is 0. The Balaban J connectivity index is 2.36. The molecule has 0 heteroatoms. The smallest absolute Gasteiger partial charge is 0.0206 e. The fourth-order valence-electron chi connectivity index (χ4n) is 3.97. The molecule has 0 aliphatic heterocycles. The lowest BCUT2D eigenvalue weighted by Gasteiger charge is -2.31. The molecule has 1 rings (SSSR count). The maximum atomic E-state index is 2.64. The molecule has 0 saturated heterocycles. The highest BCUT2D eigenvalue weighted by molar-refractivity contribution is 5.08. The molecule has 0 heterocycles. The first kappa shape index (κ1) is 20.8. The monoisotopic (exact) mass is 320 g/mol. The predicted octanol–water partition coefficient (Wildman–Crippen LogP) is 8.32. The minimum Gasteiger partial charge on any atom is -0.0851 e. The van der Waals surface area contributed by atoms with Gasteiger partial charge in [0.15, 0.2) is 0 Å². The molecule has 1 unspecified atom stereocenters. The molecule has 0 nitrogen and oxygen atoms in total. The Kier molecular flexibility index (Phi) is 8.94. The topological polar surface area (TPSA) is 0 Å². The molecule has 0 radical (unpaired) electrons. The quantitative estimate of drug-likeness (QED) is 0.311. The summed E-state index contributed by atoms with van der Waals surface area (Å²) in [6, 6.07) is 0. The van der Waals surface area contributed by atoms with Crippen LogP contribution in [0.4, 0.5) is 0 Å². The summed E-state index contributed by atoms with van der Waals surface area (Å²) in [4.78, 5) is 0. The van der Waals surface area contributed by atoms with Crippen LogP contribution in [0.3, 0.4) is 0 Å². The Bertz CT molecular complexity index is 345. The highest BCUT2D eigenvalue weighted by Crippen LogP contribution is 2.38. The summed E-state index contributed by atoms with van der Waals surface area (Å²) in [5.74, 6) is 0.869. The molecule has 0 aromatic rings. The lowest BCUT2D eigenvalue weighted by atomic mass is 9.74. The van der Waals surface area contributed by atoms with Crippen molar-refractivity contribution in [3.8, 4) is 0 Å². The van der Waals surface area contributed by atoms with E-state index in [4.69, 9.17) is 0 Å². The summed E-state index contributed by atoms with van der Waals surface area (Å²) in [5.41, 5.74) is 2.93. The molecule has 0 aromatic heterocycles. The number of hydrogen-bond acceptors (Lipinski definition) is 0. The Morgan fingerprint density at radius 1 is 1.09 bits per heavy atom. The lowest BCUT2D eigenvalue weighted by Crippen LogP contribution is -2.18. The molecule has 0 bridgehead atoms. The van der Waals surface area contributed by atoms with Crippen LogP contribution in [0.25, 0.3) is 0 Å². The van der Waals surface area contributed by atoms with E-state index in [9.17, 15) is 0 Å². The van der Waals surface area contributed by atoms with Gasteiger partial charge in [-0.25, -0.2) is 0 Å². The molecule has 1 aliphatic rings. The van der Waals surface area contributed by atoms with E-state index in [-0.39, 0.29) is 0 Å². The summed E-state index contributed by atoms with van der Waals surface area (Å²) in [6.07, 6.45) is 19.2. The zero-order valence-corrected chi connectivity index (χ0v) is 17.1. The van der Waals surface area contributed by atoms with Crippen molar-refractivity contribution in [2.24, 2.45) is 16.7 Å². The van der Waals surface area contributed by atoms with E-state index in [2.05, 4.69) is 47.6 Å². The molecule has 136 valence electrons. The molecule has 0 spiro atoms. The second-order valence-corrected chi connectivity index (χ2v) is 9.56. The van der Waals surface area contributed by atoms with E-state index >= 15 is 0 Å². The summed E-state index contributed by atoms with van der Waals surface area (Å²) in [6.45, 7) is 14.5. The molecule has 1 fully saturated rings. The third kappa shape index (κ3) is 8.41. The molecule has 0 amide bonds. The Morgan fingerprint density at radius 3 is 2.48 bits per heavy atom. The molecule has 0 aromatic carbocycles. The number of allylic oxidation sites excluding steroid dienone is 2. The van der Waals surface area contributed by atoms with Crippen molar-refractivity contribution in [2.75, 3.05) is 0 Å². The maximum Gasteiger partial charge on any atom is -0.0206 e. The third-order valence-electron chi connectivity index (χ3n) is 6.43.